The fourth-order valence-electron chi connectivity index (χ4n) is 4.15. The lowest BCUT2D eigenvalue weighted by molar-refractivity contribution is -0.0519. The molecule has 1 aromatic carbocycles. The van der Waals surface area contributed by atoms with Crippen molar-refractivity contribution in [2.24, 2.45) is 0 Å². The van der Waals surface area contributed by atoms with Crippen molar-refractivity contribution in [3.63, 3.8) is 0 Å². The molecule has 1 aliphatic rings. The minimum atomic E-state index is -3.03. The van der Waals surface area contributed by atoms with Gasteiger partial charge in [-0.1, -0.05) is 6.07 Å². The zero-order valence-corrected chi connectivity index (χ0v) is 17.4. The SMILES string of the molecule is C[C@]1(O)CC[C@H](Nc2nc(OC(F)F)c3c(-c4ccc5nccnc5c4)ccn3n2)CC1. The lowest BCUT2D eigenvalue weighted by atomic mass is 9.84. The van der Waals surface area contributed by atoms with E-state index in [1.165, 1.54) is 4.52 Å². The van der Waals surface area contributed by atoms with Gasteiger partial charge in [0.05, 0.1) is 16.6 Å². The maximum Gasteiger partial charge on any atom is 0.388 e. The summed E-state index contributed by atoms with van der Waals surface area (Å²) in [4.78, 5) is 12.8. The van der Waals surface area contributed by atoms with Gasteiger partial charge in [-0.2, -0.15) is 13.8 Å². The zero-order chi connectivity index (χ0) is 22.3. The van der Waals surface area contributed by atoms with Crippen molar-refractivity contribution in [1.82, 2.24) is 24.6 Å². The van der Waals surface area contributed by atoms with Crippen molar-refractivity contribution < 1.29 is 18.6 Å². The molecular formula is C22H22F2N6O2. The highest BCUT2D eigenvalue weighted by Gasteiger charge is 2.29. The summed E-state index contributed by atoms with van der Waals surface area (Å²) in [6.45, 7) is -1.21. The number of nitrogens with one attached hydrogen (secondary N) is 1. The fourth-order valence-corrected chi connectivity index (χ4v) is 4.15. The summed E-state index contributed by atoms with van der Waals surface area (Å²) in [5.41, 5.74) is 2.50. The van der Waals surface area contributed by atoms with E-state index in [2.05, 4.69) is 25.4 Å². The van der Waals surface area contributed by atoms with Crippen molar-refractivity contribution in [3.8, 4) is 17.0 Å². The number of nitrogens with zero attached hydrogens (tertiary/aromatic N) is 5. The minimum Gasteiger partial charge on any atom is -0.414 e. The lowest BCUT2D eigenvalue weighted by Crippen LogP contribution is -2.36. The van der Waals surface area contributed by atoms with Crippen LogP contribution < -0.4 is 10.1 Å². The summed E-state index contributed by atoms with van der Waals surface area (Å²) >= 11 is 0. The summed E-state index contributed by atoms with van der Waals surface area (Å²) in [6.07, 6.45) is 7.64. The molecule has 1 aliphatic carbocycles. The average molecular weight is 440 g/mol. The Balaban J connectivity index is 1.53. The van der Waals surface area contributed by atoms with Crippen LogP contribution in [0.1, 0.15) is 32.6 Å². The van der Waals surface area contributed by atoms with Crippen LogP contribution in [-0.4, -0.2) is 47.9 Å². The summed E-state index contributed by atoms with van der Waals surface area (Å²) in [5.74, 6) is -0.00855. The number of fused-ring (bicyclic) bond motifs is 2. The Morgan fingerprint density at radius 3 is 2.66 bits per heavy atom. The van der Waals surface area contributed by atoms with Gasteiger partial charge < -0.3 is 15.2 Å². The number of hydrogen-bond acceptors (Lipinski definition) is 7. The molecule has 0 unspecified atom stereocenters. The third kappa shape index (κ3) is 4.05. The monoisotopic (exact) mass is 440 g/mol. The van der Waals surface area contributed by atoms with E-state index in [-0.39, 0.29) is 17.9 Å². The van der Waals surface area contributed by atoms with Gasteiger partial charge in [-0.05, 0) is 56.4 Å². The number of rotatable bonds is 5. The highest BCUT2D eigenvalue weighted by molar-refractivity contribution is 5.89. The van der Waals surface area contributed by atoms with E-state index in [9.17, 15) is 13.9 Å². The van der Waals surface area contributed by atoms with Crippen LogP contribution in [0.4, 0.5) is 14.7 Å². The zero-order valence-electron chi connectivity index (χ0n) is 17.4. The van der Waals surface area contributed by atoms with E-state index < -0.39 is 12.2 Å². The van der Waals surface area contributed by atoms with Crippen LogP contribution in [0.2, 0.25) is 0 Å². The maximum absolute atomic E-state index is 13.2. The van der Waals surface area contributed by atoms with Crippen molar-refractivity contribution in [1.29, 1.82) is 0 Å². The highest BCUT2D eigenvalue weighted by Crippen LogP contribution is 2.34. The van der Waals surface area contributed by atoms with Gasteiger partial charge >= 0.3 is 6.61 Å². The molecule has 166 valence electrons. The van der Waals surface area contributed by atoms with Crippen LogP contribution in [0.3, 0.4) is 0 Å². The molecule has 32 heavy (non-hydrogen) atoms. The molecule has 0 aliphatic heterocycles. The molecule has 0 amide bonds. The van der Waals surface area contributed by atoms with E-state index in [1.54, 1.807) is 24.7 Å². The smallest absolute Gasteiger partial charge is 0.388 e. The quantitative estimate of drug-likeness (QED) is 0.483. The summed E-state index contributed by atoms with van der Waals surface area (Å²) < 4.78 is 32.7. The molecule has 10 heteroatoms. The Hall–Kier alpha value is -3.40. The van der Waals surface area contributed by atoms with Crippen LogP contribution in [0.25, 0.3) is 27.7 Å². The maximum atomic E-state index is 13.2. The minimum absolute atomic E-state index is 0.0427. The normalized spacial score (nSPS) is 21.3. The van der Waals surface area contributed by atoms with Crippen LogP contribution >= 0.6 is 0 Å². The first-order valence-electron chi connectivity index (χ1n) is 10.4. The largest absolute Gasteiger partial charge is 0.414 e. The molecule has 1 fully saturated rings. The number of hydrogen-bond donors (Lipinski definition) is 2. The molecule has 4 aromatic rings. The summed E-state index contributed by atoms with van der Waals surface area (Å²) in [6, 6.07) is 7.33. The first-order chi connectivity index (χ1) is 15.4. The lowest BCUT2D eigenvalue weighted by Gasteiger charge is -2.33. The predicted molar refractivity (Wildman–Crippen MR) is 115 cm³/mol. The topological polar surface area (TPSA) is 97.5 Å². The van der Waals surface area contributed by atoms with Gasteiger partial charge in [0.25, 0.3) is 0 Å². The molecule has 0 atom stereocenters. The number of alkyl halides is 2. The molecule has 0 spiro atoms. The average Bonchev–Trinajstić information content (AvgIpc) is 3.19. The van der Waals surface area contributed by atoms with Gasteiger partial charge in [-0.25, -0.2) is 4.52 Å². The van der Waals surface area contributed by atoms with Crippen molar-refractivity contribution in [2.45, 2.75) is 50.9 Å². The first kappa shape index (κ1) is 20.5. The molecule has 5 rings (SSSR count). The number of aromatic nitrogens is 5. The molecule has 0 radical (unpaired) electrons. The van der Waals surface area contributed by atoms with Gasteiger partial charge in [-0.15, -0.1) is 5.10 Å². The van der Waals surface area contributed by atoms with Crippen LogP contribution in [0, 0.1) is 0 Å². The van der Waals surface area contributed by atoms with Crippen LogP contribution in [0.15, 0.2) is 42.9 Å². The Labute approximate surface area is 182 Å². The van der Waals surface area contributed by atoms with Crippen molar-refractivity contribution in [3.05, 3.63) is 42.9 Å². The number of ether oxygens (including phenoxy) is 1. The molecule has 1 saturated carbocycles. The molecule has 3 aromatic heterocycles. The second-order valence-corrected chi connectivity index (χ2v) is 8.32. The summed E-state index contributed by atoms with van der Waals surface area (Å²) in [5, 5.41) is 17.8. The summed E-state index contributed by atoms with van der Waals surface area (Å²) in [7, 11) is 0. The van der Waals surface area contributed by atoms with E-state index in [0.29, 0.717) is 29.4 Å². The number of aliphatic hydroxyl groups is 1. The number of benzene rings is 1. The van der Waals surface area contributed by atoms with Gasteiger partial charge in [-0.3, -0.25) is 9.97 Å². The van der Waals surface area contributed by atoms with Crippen LogP contribution in [-0.2, 0) is 0 Å². The van der Waals surface area contributed by atoms with Crippen molar-refractivity contribution in [2.75, 3.05) is 5.32 Å². The van der Waals surface area contributed by atoms with Gasteiger partial charge in [0.1, 0.15) is 5.52 Å². The van der Waals surface area contributed by atoms with E-state index in [4.69, 9.17) is 4.74 Å². The third-order valence-corrected chi connectivity index (χ3v) is 5.86. The molecule has 3 heterocycles. The molecule has 0 bridgehead atoms. The second kappa shape index (κ2) is 7.94. The fraction of sp³-hybridized carbons (Fsp3) is 0.364. The van der Waals surface area contributed by atoms with Gasteiger partial charge in [0.2, 0.25) is 11.8 Å². The first-order valence-corrected chi connectivity index (χ1v) is 10.4. The Morgan fingerprint density at radius 1 is 1.16 bits per heavy atom. The third-order valence-electron chi connectivity index (χ3n) is 5.86. The van der Waals surface area contributed by atoms with E-state index in [0.717, 1.165) is 23.9 Å². The standard InChI is InChI=1S/C22H22F2N6O2/c1-22(31)7-4-14(5-8-22)27-21-28-19(32-20(23)24)18-15(6-11-30(18)29-21)13-2-3-16-17(12-13)26-10-9-25-16/h2-3,6,9-12,14,20,31H,4-5,7-8H2,1H3,(H,27,29)/t14-,22-. The Kier molecular flexibility index (Phi) is 5.09. The Bertz CT molecular complexity index is 1270. The number of halogens is 2. The second-order valence-electron chi connectivity index (χ2n) is 8.32. The van der Waals surface area contributed by atoms with E-state index in [1.807, 2.05) is 25.1 Å². The van der Waals surface area contributed by atoms with Crippen molar-refractivity contribution >= 4 is 22.5 Å². The molecular weight excluding hydrogens is 418 g/mol. The van der Waals surface area contributed by atoms with Gasteiger partial charge in [0, 0.05) is 30.2 Å². The van der Waals surface area contributed by atoms with E-state index >= 15 is 0 Å². The molecule has 0 saturated heterocycles. The predicted octanol–water partition coefficient (Wildman–Crippen LogP) is 4.05. The van der Waals surface area contributed by atoms with Crippen LogP contribution in [0.5, 0.6) is 5.88 Å². The Morgan fingerprint density at radius 2 is 1.91 bits per heavy atom. The molecule has 8 nitrogen and oxygen atoms in total. The molecule has 2 N–H and O–H groups in total. The number of anilines is 1. The highest BCUT2D eigenvalue weighted by atomic mass is 19.3. The van der Waals surface area contributed by atoms with Gasteiger partial charge in [0.15, 0.2) is 0 Å².